The van der Waals surface area contributed by atoms with Crippen molar-refractivity contribution in [2.75, 3.05) is 0 Å². The summed E-state index contributed by atoms with van der Waals surface area (Å²) in [6.45, 7) is 1.94. The molecule has 2 aromatic rings. The molecule has 0 saturated heterocycles. The lowest BCUT2D eigenvalue weighted by molar-refractivity contribution is 1.05. The molecule has 0 amide bonds. The Hall–Kier alpha value is -0.560. The fourth-order valence-corrected chi connectivity index (χ4v) is 2.06. The van der Waals surface area contributed by atoms with Gasteiger partial charge < -0.3 is 0 Å². The van der Waals surface area contributed by atoms with Gasteiger partial charge in [0.05, 0.1) is 0 Å². The highest BCUT2D eigenvalue weighted by atomic mass is 127. The Labute approximate surface area is 93.4 Å². The summed E-state index contributed by atoms with van der Waals surface area (Å²) in [6, 6.07) is 5.88. The molecule has 0 unspecified atom stereocenters. The van der Waals surface area contributed by atoms with E-state index in [1.807, 2.05) is 25.1 Å². The number of nitrogens with zero attached hydrogens (tertiary/aromatic N) is 3. The van der Waals surface area contributed by atoms with Crippen LogP contribution in [0.15, 0.2) is 18.2 Å². The van der Waals surface area contributed by atoms with E-state index in [0.29, 0.717) is 0 Å². The standard InChI is InChI=1S/C8H6IN3S/c1-5-11-12-8(13-5)6-3-2-4-7(9)10-6/h2-4H,1H3. The SMILES string of the molecule is Cc1nnc(-c2cccc(I)n2)s1. The number of aromatic nitrogens is 3. The number of hydrogen-bond donors (Lipinski definition) is 0. The molecule has 66 valence electrons. The van der Waals surface area contributed by atoms with Crippen LogP contribution < -0.4 is 0 Å². The molecular formula is C8H6IN3S. The van der Waals surface area contributed by atoms with E-state index in [-0.39, 0.29) is 0 Å². The van der Waals surface area contributed by atoms with Crippen LogP contribution in [-0.4, -0.2) is 15.2 Å². The zero-order valence-electron chi connectivity index (χ0n) is 6.86. The van der Waals surface area contributed by atoms with Gasteiger partial charge in [-0.3, -0.25) is 0 Å². The lowest BCUT2D eigenvalue weighted by atomic mass is 10.4. The van der Waals surface area contributed by atoms with Crippen molar-refractivity contribution in [3.8, 4) is 10.7 Å². The lowest BCUT2D eigenvalue weighted by Crippen LogP contribution is -1.84. The molecule has 0 aliphatic heterocycles. The normalized spacial score (nSPS) is 10.3. The number of pyridine rings is 1. The van der Waals surface area contributed by atoms with Crippen LogP contribution in [0.25, 0.3) is 10.7 Å². The summed E-state index contributed by atoms with van der Waals surface area (Å²) in [7, 11) is 0. The molecule has 0 N–H and O–H groups in total. The summed E-state index contributed by atoms with van der Waals surface area (Å²) < 4.78 is 0.975. The van der Waals surface area contributed by atoms with E-state index in [9.17, 15) is 0 Å². The van der Waals surface area contributed by atoms with E-state index >= 15 is 0 Å². The maximum absolute atomic E-state index is 4.35. The molecule has 0 radical (unpaired) electrons. The maximum atomic E-state index is 4.35. The molecule has 0 aromatic carbocycles. The Morgan fingerprint density at radius 1 is 1.31 bits per heavy atom. The van der Waals surface area contributed by atoms with Gasteiger partial charge in [-0.1, -0.05) is 17.4 Å². The van der Waals surface area contributed by atoms with Gasteiger partial charge in [0, 0.05) is 0 Å². The van der Waals surface area contributed by atoms with Gasteiger partial charge in [0.25, 0.3) is 0 Å². The van der Waals surface area contributed by atoms with Crippen LogP contribution in [0.4, 0.5) is 0 Å². The Morgan fingerprint density at radius 3 is 2.77 bits per heavy atom. The molecule has 13 heavy (non-hydrogen) atoms. The van der Waals surface area contributed by atoms with Crippen molar-refractivity contribution in [1.82, 2.24) is 15.2 Å². The van der Waals surface area contributed by atoms with Crippen LogP contribution in [-0.2, 0) is 0 Å². The highest BCUT2D eigenvalue weighted by Crippen LogP contribution is 2.21. The van der Waals surface area contributed by atoms with Crippen LogP contribution in [0.3, 0.4) is 0 Å². The number of rotatable bonds is 1. The van der Waals surface area contributed by atoms with Crippen molar-refractivity contribution in [2.45, 2.75) is 6.92 Å². The molecule has 0 aliphatic carbocycles. The first-order valence-electron chi connectivity index (χ1n) is 3.69. The van der Waals surface area contributed by atoms with Crippen LogP contribution in [0, 0.1) is 10.6 Å². The second-order valence-corrected chi connectivity index (χ2v) is 4.76. The predicted octanol–water partition coefficient (Wildman–Crippen LogP) is 2.51. The minimum atomic E-state index is 0.885. The van der Waals surface area contributed by atoms with Crippen molar-refractivity contribution >= 4 is 33.9 Å². The average molecular weight is 303 g/mol. The van der Waals surface area contributed by atoms with Crippen molar-refractivity contribution in [1.29, 1.82) is 0 Å². The number of halogens is 1. The predicted molar refractivity (Wildman–Crippen MR) is 60.6 cm³/mol. The quantitative estimate of drug-likeness (QED) is 0.600. The molecular weight excluding hydrogens is 297 g/mol. The summed E-state index contributed by atoms with van der Waals surface area (Å²) in [5.74, 6) is 0. The van der Waals surface area contributed by atoms with Gasteiger partial charge in [-0.05, 0) is 41.6 Å². The van der Waals surface area contributed by atoms with E-state index in [2.05, 4.69) is 37.8 Å². The van der Waals surface area contributed by atoms with Crippen LogP contribution in [0.5, 0.6) is 0 Å². The second kappa shape index (κ2) is 3.67. The molecule has 2 rings (SSSR count). The summed E-state index contributed by atoms with van der Waals surface area (Å²) in [4.78, 5) is 4.35. The first kappa shape index (κ1) is 9.01. The molecule has 2 heterocycles. The third-order valence-electron chi connectivity index (χ3n) is 1.46. The third kappa shape index (κ3) is 2.02. The summed E-state index contributed by atoms with van der Waals surface area (Å²) in [5, 5.41) is 9.83. The number of aryl methyl sites for hydroxylation is 1. The number of hydrogen-bond acceptors (Lipinski definition) is 4. The third-order valence-corrected chi connectivity index (χ3v) is 2.92. The minimum Gasteiger partial charge on any atom is -0.239 e. The van der Waals surface area contributed by atoms with Gasteiger partial charge in [0.15, 0.2) is 5.01 Å². The Morgan fingerprint density at radius 2 is 2.15 bits per heavy atom. The molecule has 2 aromatic heterocycles. The second-order valence-electron chi connectivity index (χ2n) is 2.47. The topological polar surface area (TPSA) is 38.7 Å². The zero-order valence-corrected chi connectivity index (χ0v) is 9.83. The molecule has 0 saturated carbocycles. The summed E-state index contributed by atoms with van der Waals surface area (Å²) in [6.07, 6.45) is 0. The van der Waals surface area contributed by atoms with Crippen molar-refractivity contribution in [3.05, 3.63) is 26.9 Å². The van der Waals surface area contributed by atoms with Crippen molar-refractivity contribution in [2.24, 2.45) is 0 Å². The van der Waals surface area contributed by atoms with E-state index < -0.39 is 0 Å². The van der Waals surface area contributed by atoms with E-state index in [1.54, 1.807) is 11.3 Å². The van der Waals surface area contributed by atoms with Gasteiger partial charge in [-0.25, -0.2) is 4.98 Å². The first-order chi connectivity index (χ1) is 6.25. The van der Waals surface area contributed by atoms with Crippen molar-refractivity contribution in [3.63, 3.8) is 0 Å². The molecule has 3 nitrogen and oxygen atoms in total. The maximum Gasteiger partial charge on any atom is 0.166 e. The monoisotopic (exact) mass is 303 g/mol. The van der Waals surface area contributed by atoms with Gasteiger partial charge >= 0.3 is 0 Å². The molecule has 5 heteroatoms. The van der Waals surface area contributed by atoms with Gasteiger partial charge in [-0.2, -0.15) is 0 Å². The lowest BCUT2D eigenvalue weighted by Gasteiger charge is -1.93. The van der Waals surface area contributed by atoms with Gasteiger partial charge in [-0.15, -0.1) is 10.2 Å². The Bertz CT molecular complexity index is 427. The first-order valence-corrected chi connectivity index (χ1v) is 5.58. The Kier molecular flexibility index (Phi) is 2.54. The highest BCUT2D eigenvalue weighted by Gasteiger charge is 2.04. The zero-order chi connectivity index (χ0) is 9.26. The summed E-state index contributed by atoms with van der Waals surface area (Å²) in [5.41, 5.74) is 0.900. The molecule has 0 atom stereocenters. The fourth-order valence-electron chi connectivity index (χ4n) is 0.927. The Balaban J connectivity index is 2.46. The van der Waals surface area contributed by atoms with Gasteiger partial charge in [0.1, 0.15) is 14.4 Å². The van der Waals surface area contributed by atoms with Gasteiger partial charge in [0.2, 0.25) is 0 Å². The fraction of sp³-hybridized carbons (Fsp3) is 0.125. The smallest absolute Gasteiger partial charge is 0.166 e. The molecule has 0 spiro atoms. The minimum absolute atomic E-state index is 0.885. The molecule has 0 bridgehead atoms. The van der Waals surface area contributed by atoms with E-state index in [4.69, 9.17) is 0 Å². The highest BCUT2D eigenvalue weighted by molar-refractivity contribution is 14.1. The molecule has 0 aliphatic rings. The van der Waals surface area contributed by atoms with Crippen LogP contribution in [0.1, 0.15) is 5.01 Å². The van der Waals surface area contributed by atoms with Crippen LogP contribution >= 0.6 is 33.9 Å². The largest absolute Gasteiger partial charge is 0.239 e. The average Bonchev–Trinajstić information content (AvgIpc) is 2.52. The van der Waals surface area contributed by atoms with E-state index in [1.165, 1.54) is 0 Å². The van der Waals surface area contributed by atoms with E-state index in [0.717, 1.165) is 19.4 Å². The summed E-state index contributed by atoms with van der Waals surface area (Å²) >= 11 is 3.75. The van der Waals surface area contributed by atoms with Crippen LogP contribution in [0.2, 0.25) is 0 Å². The molecule has 0 fully saturated rings. The van der Waals surface area contributed by atoms with Crippen molar-refractivity contribution < 1.29 is 0 Å².